The molecule has 1 fully saturated rings. The molecule has 1 heterocycles. The number of halogens is 1. The molecule has 2 unspecified atom stereocenters. The molecular formula is C15H22ClN3O3S. The normalized spacial score (nSPS) is 20.0. The van der Waals surface area contributed by atoms with Crippen molar-refractivity contribution in [3.05, 3.63) is 29.3 Å². The summed E-state index contributed by atoms with van der Waals surface area (Å²) in [5.74, 6) is 0.0703. The number of carbonyl (C=O) groups excluding carboxylic acids is 1. The summed E-state index contributed by atoms with van der Waals surface area (Å²) in [6.45, 7) is 3.98. The van der Waals surface area contributed by atoms with E-state index >= 15 is 0 Å². The average Bonchev–Trinajstić information content (AvgIpc) is 2.53. The Bertz CT molecular complexity index is 628. The standard InChI is InChI=1S/C15H22ClN3O3S/c1-11(15(20)18-10-12-3-2-8-17-9-12)19-23(21,22)14-6-4-13(16)5-7-14/h4-7,11-12,17,19H,2-3,8-10H2,1H3,(H,18,20). The number of amides is 1. The van der Waals surface area contributed by atoms with E-state index in [1.54, 1.807) is 0 Å². The quantitative estimate of drug-likeness (QED) is 0.710. The average molecular weight is 360 g/mol. The maximum absolute atomic E-state index is 12.2. The van der Waals surface area contributed by atoms with Gasteiger partial charge >= 0.3 is 0 Å². The van der Waals surface area contributed by atoms with Crippen molar-refractivity contribution < 1.29 is 13.2 Å². The first-order chi connectivity index (χ1) is 10.9. The minimum Gasteiger partial charge on any atom is -0.354 e. The molecule has 1 aromatic carbocycles. The molecule has 1 aliphatic rings. The van der Waals surface area contributed by atoms with Crippen molar-refractivity contribution in [2.75, 3.05) is 19.6 Å². The van der Waals surface area contributed by atoms with Crippen LogP contribution in [0.3, 0.4) is 0 Å². The fourth-order valence-electron chi connectivity index (χ4n) is 2.46. The lowest BCUT2D eigenvalue weighted by Gasteiger charge is -2.23. The summed E-state index contributed by atoms with van der Waals surface area (Å²) in [6, 6.07) is 4.96. The SMILES string of the molecule is CC(NS(=O)(=O)c1ccc(Cl)cc1)C(=O)NCC1CCCNC1. The summed E-state index contributed by atoms with van der Waals surface area (Å²) >= 11 is 5.75. The summed E-state index contributed by atoms with van der Waals surface area (Å²) < 4.78 is 26.8. The third-order valence-electron chi connectivity index (χ3n) is 3.81. The number of hydrogen-bond donors (Lipinski definition) is 3. The molecule has 6 nitrogen and oxygen atoms in total. The van der Waals surface area contributed by atoms with E-state index in [4.69, 9.17) is 11.6 Å². The van der Waals surface area contributed by atoms with E-state index in [1.807, 2.05) is 0 Å². The number of nitrogens with one attached hydrogen (secondary N) is 3. The summed E-state index contributed by atoms with van der Waals surface area (Å²) in [7, 11) is -3.75. The lowest BCUT2D eigenvalue weighted by Crippen LogP contribution is -2.47. The Morgan fingerprint density at radius 2 is 2.09 bits per heavy atom. The molecule has 128 valence electrons. The van der Waals surface area contributed by atoms with E-state index in [2.05, 4.69) is 15.4 Å². The monoisotopic (exact) mass is 359 g/mol. The Balaban J connectivity index is 1.87. The minimum atomic E-state index is -3.75. The first-order valence-electron chi connectivity index (χ1n) is 7.65. The molecule has 0 radical (unpaired) electrons. The Morgan fingerprint density at radius 3 is 2.70 bits per heavy atom. The molecule has 2 atom stereocenters. The minimum absolute atomic E-state index is 0.0815. The smallest absolute Gasteiger partial charge is 0.241 e. The molecule has 0 saturated carbocycles. The van der Waals surface area contributed by atoms with Gasteiger partial charge in [-0.25, -0.2) is 8.42 Å². The molecule has 23 heavy (non-hydrogen) atoms. The van der Waals surface area contributed by atoms with Crippen LogP contribution in [-0.2, 0) is 14.8 Å². The zero-order chi connectivity index (χ0) is 16.9. The van der Waals surface area contributed by atoms with Crippen LogP contribution >= 0.6 is 11.6 Å². The second kappa shape index (κ2) is 8.10. The number of carbonyl (C=O) groups is 1. The van der Waals surface area contributed by atoms with Crippen molar-refractivity contribution in [1.29, 1.82) is 0 Å². The van der Waals surface area contributed by atoms with Crippen LogP contribution in [0, 0.1) is 5.92 Å². The van der Waals surface area contributed by atoms with Gasteiger partial charge in [0.25, 0.3) is 0 Å². The highest BCUT2D eigenvalue weighted by atomic mass is 35.5. The highest BCUT2D eigenvalue weighted by Gasteiger charge is 2.23. The third kappa shape index (κ3) is 5.46. The van der Waals surface area contributed by atoms with Crippen molar-refractivity contribution in [1.82, 2.24) is 15.4 Å². The van der Waals surface area contributed by atoms with Crippen LogP contribution in [0.25, 0.3) is 0 Å². The fourth-order valence-corrected chi connectivity index (χ4v) is 3.79. The molecule has 0 aromatic heterocycles. The molecule has 1 aromatic rings. The molecule has 1 amide bonds. The predicted molar refractivity (Wildman–Crippen MR) is 89.8 cm³/mol. The predicted octanol–water partition coefficient (Wildman–Crippen LogP) is 1.12. The molecule has 1 aliphatic heterocycles. The number of piperidine rings is 1. The van der Waals surface area contributed by atoms with Gasteiger partial charge < -0.3 is 10.6 Å². The maximum atomic E-state index is 12.2. The second-order valence-electron chi connectivity index (χ2n) is 5.75. The number of sulfonamides is 1. The molecule has 2 rings (SSSR count). The highest BCUT2D eigenvalue weighted by Crippen LogP contribution is 2.14. The second-order valence-corrected chi connectivity index (χ2v) is 7.90. The van der Waals surface area contributed by atoms with Gasteiger partial charge in [0.2, 0.25) is 15.9 Å². The van der Waals surface area contributed by atoms with Gasteiger partial charge in [0.1, 0.15) is 0 Å². The van der Waals surface area contributed by atoms with Crippen molar-refractivity contribution in [2.45, 2.75) is 30.7 Å². The third-order valence-corrected chi connectivity index (χ3v) is 5.62. The van der Waals surface area contributed by atoms with Gasteiger partial charge in [0.05, 0.1) is 10.9 Å². The van der Waals surface area contributed by atoms with Gasteiger partial charge in [0, 0.05) is 11.6 Å². The highest BCUT2D eigenvalue weighted by molar-refractivity contribution is 7.89. The zero-order valence-electron chi connectivity index (χ0n) is 13.0. The molecule has 0 aliphatic carbocycles. The van der Waals surface area contributed by atoms with Gasteiger partial charge in [-0.2, -0.15) is 4.72 Å². The van der Waals surface area contributed by atoms with Crippen molar-refractivity contribution in [3.63, 3.8) is 0 Å². The topological polar surface area (TPSA) is 87.3 Å². The first kappa shape index (κ1) is 18.2. The van der Waals surface area contributed by atoms with Crippen LogP contribution in [0.5, 0.6) is 0 Å². The fraction of sp³-hybridized carbons (Fsp3) is 0.533. The van der Waals surface area contributed by atoms with E-state index in [0.717, 1.165) is 25.9 Å². The number of rotatable bonds is 6. The molecule has 0 bridgehead atoms. The zero-order valence-corrected chi connectivity index (χ0v) is 14.6. The molecular weight excluding hydrogens is 338 g/mol. The molecule has 1 saturated heterocycles. The van der Waals surface area contributed by atoms with Crippen LogP contribution in [0.15, 0.2) is 29.2 Å². The summed E-state index contributed by atoms with van der Waals surface area (Å²) in [5.41, 5.74) is 0. The van der Waals surface area contributed by atoms with Gasteiger partial charge in [-0.05, 0) is 63.0 Å². The number of benzene rings is 1. The van der Waals surface area contributed by atoms with E-state index in [9.17, 15) is 13.2 Å². The molecule has 0 spiro atoms. The van der Waals surface area contributed by atoms with Gasteiger partial charge in [-0.15, -0.1) is 0 Å². The Morgan fingerprint density at radius 1 is 1.39 bits per heavy atom. The summed E-state index contributed by atoms with van der Waals surface area (Å²) in [4.78, 5) is 12.2. The Hall–Kier alpha value is -1.15. The largest absolute Gasteiger partial charge is 0.354 e. The molecule has 8 heteroatoms. The summed E-state index contributed by atoms with van der Waals surface area (Å²) in [5, 5.41) is 6.54. The first-order valence-corrected chi connectivity index (χ1v) is 9.51. The number of hydrogen-bond acceptors (Lipinski definition) is 4. The maximum Gasteiger partial charge on any atom is 0.241 e. The van der Waals surface area contributed by atoms with Crippen LogP contribution in [0.4, 0.5) is 0 Å². The Labute approximate surface area is 142 Å². The van der Waals surface area contributed by atoms with Gasteiger partial charge in [-0.1, -0.05) is 11.6 Å². The van der Waals surface area contributed by atoms with E-state index in [1.165, 1.54) is 31.2 Å². The van der Waals surface area contributed by atoms with Gasteiger partial charge in [-0.3, -0.25) is 4.79 Å². The van der Waals surface area contributed by atoms with E-state index in [0.29, 0.717) is 17.5 Å². The van der Waals surface area contributed by atoms with Crippen LogP contribution < -0.4 is 15.4 Å². The van der Waals surface area contributed by atoms with Crippen molar-refractivity contribution in [3.8, 4) is 0 Å². The van der Waals surface area contributed by atoms with Crippen LogP contribution in [0.2, 0.25) is 5.02 Å². The van der Waals surface area contributed by atoms with Crippen molar-refractivity contribution >= 4 is 27.5 Å². The lowest BCUT2D eigenvalue weighted by molar-refractivity contribution is -0.122. The van der Waals surface area contributed by atoms with E-state index < -0.39 is 16.1 Å². The summed E-state index contributed by atoms with van der Waals surface area (Å²) in [6.07, 6.45) is 2.16. The van der Waals surface area contributed by atoms with Crippen LogP contribution in [0.1, 0.15) is 19.8 Å². The molecule has 3 N–H and O–H groups in total. The van der Waals surface area contributed by atoms with Crippen molar-refractivity contribution in [2.24, 2.45) is 5.92 Å². The van der Waals surface area contributed by atoms with Crippen LogP contribution in [-0.4, -0.2) is 40.0 Å². The van der Waals surface area contributed by atoms with Gasteiger partial charge in [0.15, 0.2) is 0 Å². The lowest BCUT2D eigenvalue weighted by atomic mass is 10.00. The Kier molecular flexibility index (Phi) is 6.41. The van der Waals surface area contributed by atoms with E-state index in [-0.39, 0.29) is 10.8 Å².